The fourth-order valence-corrected chi connectivity index (χ4v) is 7.29. The highest BCUT2D eigenvalue weighted by Gasteiger charge is 2.75. The third kappa shape index (κ3) is 5.04. The zero-order chi connectivity index (χ0) is 29.9. The van der Waals surface area contributed by atoms with E-state index in [1.165, 1.54) is 0 Å². The first-order chi connectivity index (χ1) is 20.4. The molecule has 1 aromatic carbocycles. The predicted octanol–water partition coefficient (Wildman–Crippen LogP) is 3.71. The first-order valence-electron chi connectivity index (χ1n) is 15.7. The van der Waals surface area contributed by atoms with E-state index in [0.29, 0.717) is 52.0 Å². The number of rotatable bonds is 12. The van der Waals surface area contributed by atoms with Crippen LogP contribution in [0.4, 0.5) is 5.69 Å². The highest BCUT2D eigenvalue weighted by atomic mass is 16.5. The number of hydrogen-bond donors (Lipinski definition) is 1. The molecule has 9 heteroatoms. The second kappa shape index (κ2) is 12.6. The molecule has 0 radical (unpaired) electrons. The molecule has 9 nitrogen and oxygen atoms in total. The van der Waals surface area contributed by atoms with Gasteiger partial charge >= 0.3 is 0 Å². The van der Waals surface area contributed by atoms with E-state index in [2.05, 4.69) is 6.92 Å². The Balaban J connectivity index is 1.56. The van der Waals surface area contributed by atoms with Gasteiger partial charge in [0.05, 0.1) is 24.0 Å². The van der Waals surface area contributed by atoms with Gasteiger partial charge in [-0.2, -0.15) is 0 Å². The Kier molecular flexibility index (Phi) is 9.08. The summed E-state index contributed by atoms with van der Waals surface area (Å²) in [6.45, 7) is 8.43. The number of hydrogen-bond acceptors (Lipinski definition) is 6. The number of likely N-dealkylation sites (tertiary alicyclic amines) is 1. The Morgan fingerprint density at radius 3 is 2.33 bits per heavy atom. The van der Waals surface area contributed by atoms with Crippen molar-refractivity contribution in [3.63, 3.8) is 0 Å². The Hall–Kier alpha value is -3.17. The van der Waals surface area contributed by atoms with Crippen molar-refractivity contribution in [1.82, 2.24) is 9.80 Å². The van der Waals surface area contributed by atoms with Crippen LogP contribution in [-0.4, -0.2) is 89.3 Å². The van der Waals surface area contributed by atoms with Crippen molar-refractivity contribution in [3.05, 3.63) is 48.6 Å². The van der Waals surface area contributed by atoms with Crippen LogP contribution in [0.3, 0.4) is 0 Å². The lowest BCUT2D eigenvalue weighted by molar-refractivity contribution is -0.152. The lowest BCUT2D eigenvalue weighted by Gasteiger charge is -2.38. The average molecular weight is 580 g/mol. The molecule has 4 heterocycles. The van der Waals surface area contributed by atoms with Gasteiger partial charge in [-0.15, -0.1) is 0 Å². The third-order valence-electron chi connectivity index (χ3n) is 9.32. The molecule has 5 rings (SSSR count). The molecule has 2 saturated heterocycles. The smallest absolute Gasteiger partial charge is 0.249 e. The van der Waals surface area contributed by atoms with E-state index in [0.717, 1.165) is 30.7 Å². The van der Waals surface area contributed by atoms with E-state index in [9.17, 15) is 19.5 Å². The standard InChI is InChI=1S/C33H45N3O6/c1-4-7-19-34-20-12-18-33-27(30(39)36(28(33)31(34)40)21-9-8-10-23-37)26-29(38)35(22-11-17-32(26,5-2)42-33)24-13-15-25(16-14-24)41-6-3/h11-18,26-28,37H,4-10,19-23H2,1-3H3/t26-,27+,28?,32+,33+/m1/s1. The lowest BCUT2D eigenvalue weighted by atomic mass is 9.73. The van der Waals surface area contributed by atoms with Crippen LogP contribution in [0.5, 0.6) is 5.75 Å². The first-order valence-corrected chi connectivity index (χ1v) is 15.7. The van der Waals surface area contributed by atoms with Gasteiger partial charge in [0.25, 0.3) is 0 Å². The SMILES string of the molecule is CCCCN1CC=C[C@]23O[C@@]4(CC)C=CCN(c5ccc(OCC)cc5)C(=O)[C@H]4[C@H]2C(=O)N(CCCCCO)C3C1=O. The summed E-state index contributed by atoms with van der Waals surface area (Å²) in [5.74, 6) is -1.37. The zero-order valence-corrected chi connectivity index (χ0v) is 25.2. The summed E-state index contributed by atoms with van der Waals surface area (Å²) in [6, 6.07) is 6.60. The normalized spacial score (nSPS) is 30.3. The van der Waals surface area contributed by atoms with Gasteiger partial charge in [0.15, 0.2) is 0 Å². The van der Waals surface area contributed by atoms with Crippen molar-refractivity contribution in [2.45, 2.75) is 76.5 Å². The number of aliphatic hydroxyl groups excluding tert-OH is 1. The van der Waals surface area contributed by atoms with Gasteiger partial charge in [0.1, 0.15) is 17.4 Å². The number of carbonyl (C=O) groups excluding carboxylic acids is 3. The molecule has 0 bridgehead atoms. The Morgan fingerprint density at radius 1 is 0.881 bits per heavy atom. The molecule has 2 fully saturated rings. The minimum absolute atomic E-state index is 0.0861. The molecule has 4 aliphatic rings. The minimum Gasteiger partial charge on any atom is -0.494 e. The summed E-state index contributed by atoms with van der Waals surface area (Å²) in [7, 11) is 0. The monoisotopic (exact) mass is 579 g/mol. The number of nitrogens with zero attached hydrogens (tertiary/aromatic N) is 3. The molecule has 5 atom stereocenters. The number of fused-ring (bicyclic) bond motifs is 2. The van der Waals surface area contributed by atoms with Crippen molar-refractivity contribution in [2.75, 3.05) is 44.3 Å². The van der Waals surface area contributed by atoms with Crippen LogP contribution in [0.25, 0.3) is 0 Å². The number of ether oxygens (including phenoxy) is 2. The Bertz CT molecular complexity index is 1210. The summed E-state index contributed by atoms with van der Waals surface area (Å²) in [5, 5.41) is 9.30. The van der Waals surface area contributed by atoms with Gasteiger partial charge in [0, 0.05) is 38.5 Å². The van der Waals surface area contributed by atoms with E-state index >= 15 is 0 Å². The number of unbranched alkanes of at least 4 members (excludes halogenated alkanes) is 3. The maximum atomic E-state index is 14.6. The summed E-state index contributed by atoms with van der Waals surface area (Å²) < 4.78 is 12.6. The van der Waals surface area contributed by atoms with E-state index in [1.54, 1.807) is 9.80 Å². The van der Waals surface area contributed by atoms with Gasteiger partial charge in [0.2, 0.25) is 17.7 Å². The fourth-order valence-electron chi connectivity index (χ4n) is 7.29. The quantitative estimate of drug-likeness (QED) is 0.300. The van der Waals surface area contributed by atoms with Crippen molar-refractivity contribution in [3.8, 4) is 5.75 Å². The van der Waals surface area contributed by atoms with E-state index in [4.69, 9.17) is 9.47 Å². The van der Waals surface area contributed by atoms with E-state index < -0.39 is 29.1 Å². The highest BCUT2D eigenvalue weighted by molar-refractivity contribution is 6.04. The zero-order valence-electron chi connectivity index (χ0n) is 25.2. The molecule has 1 unspecified atom stereocenters. The van der Waals surface area contributed by atoms with Gasteiger partial charge in [-0.1, -0.05) is 44.6 Å². The molecule has 0 aromatic heterocycles. The Morgan fingerprint density at radius 2 is 1.64 bits per heavy atom. The second-order valence-electron chi connectivity index (χ2n) is 11.8. The molecule has 42 heavy (non-hydrogen) atoms. The lowest BCUT2D eigenvalue weighted by Crippen LogP contribution is -2.56. The minimum atomic E-state index is -1.24. The summed E-state index contributed by atoms with van der Waals surface area (Å²) in [6.07, 6.45) is 12.1. The van der Waals surface area contributed by atoms with Gasteiger partial charge in [-0.05, 0) is 63.3 Å². The topological polar surface area (TPSA) is 99.6 Å². The molecule has 0 saturated carbocycles. The average Bonchev–Trinajstić information content (AvgIpc) is 3.28. The third-order valence-corrected chi connectivity index (χ3v) is 9.32. The maximum absolute atomic E-state index is 14.6. The van der Waals surface area contributed by atoms with Gasteiger partial charge in [-0.3, -0.25) is 14.4 Å². The highest BCUT2D eigenvalue weighted by Crippen LogP contribution is 2.58. The maximum Gasteiger partial charge on any atom is 0.249 e. The molecule has 4 aliphatic heterocycles. The number of benzene rings is 1. The Labute approximate surface area is 249 Å². The van der Waals surface area contributed by atoms with Crippen LogP contribution in [0.15, 0.2) is 48.6 Å². The van der Waals surface area contributed by atoms with Crippen molar-refractivity contribution < 1.29 is 29.0 Å². The molecule has 1 spiro atoms. The van der Waals surface area contributed by atoms with Crippen LogP contribution in [0.2, 0.25) is 0 Å². The van der Waals surface area contributed by atoms with Crippen LogP contribution in [0, 0.1) is 11.8 Å². The molecular weight excluding hydrogens is 534 g/mol. The summed E-state index contributed by atoms with van der Waals surface area (Å²) in [5.41, 5.74) is -1.53. The summed E-state index contributed by atoms with van der Waals surface area (Å²) in [4.78, 5) is 48.6. The van der Waals surface area contributed by atoms with E-state index in [1.807, 2.05) is 67.3 Å². The molecule has 228 valence electrons. The largest absolute Gasteiger partial charge is 0.494 e. The number of amides is 3. The number of anilines is 1. The predicted molar refractivity (Wildman–Crippen MR) is 160 cm³/mol. The molecule has 1 aromatic rings. The van der Waals surface area contributed by atoms with Crippen LogP contribution < -0.4 is 9.64 Å². The van der Waals surface area contributed by atoms with Crippen molar-refractivity contribution in [1.29, 1.82) is 0 Å². The first kappa shape index (κ1) is 30.3. The van der Waals surface area contributed by atoms with E-state index in [-0.39, 0.29) is 24.3 Å². The molecular formula is C33H45N3O6. The van der Waals surface area contributed by atoms with Crippen LogP contribution in [0.1, 0.15) is 59.3 Å². The van der Waals surface area contributed by atoms with Gasteiger partial charge < -0.3 is 29.3 Å². The van der Waals surface area contributed by atoms with Crippen molar-refractivity contribution in [2.24, 2.45) is 11.8 Å². The van der Waals surface area contributed by atoms with Gasteiger partial charge in [-0.25, -0.2) is 0 Å². The molecule has 3 amide bonds. The molecule has 0 aliphatic carbocycles. The summed E-state index contributed by atoms with van der Waals surface area (Å²) >= 11 is 0. The second-order valence-corrected chi connectivity index (χ2v) is 11.8. The van der Waals surface area contributed by atoms with Crippen molar-refractivity contribution >= 4 is 23.4 Å². The number of carbonyl (C=O) groups is 3. The number of aliphatic hydroxyl groups is 1. The van der Waals surface area contributed by atoms with Crippen LogP contribution >= 0.6 is 0 Å². The molecule has 1 N–H and O–H groups in total. The van der Waals surface area contributed by atoms with Crippen LogP contribution in [-0.2, 0) is 19.1 Å². The fraction of sp³-hybridized carbons (Fsp3) is 0.606.